The molecule has 0 atom stereocenters. The molecule has 1 rings (SSSR count). The standard InChI is InChI=1S/C14H20ClNO2/c1-9-6-10(2)13(18-5)11(7-9)14(3,4)16-12(17)8-15/h6-7H,8H2,1-5H3,(H,16,17). The van der Waals surface area contributed by atoms with Gasteiger partial charge < -0.3 is 10.1 Å². The van der Waals surface area contributed by atoms with Gasteiger partial charge in [-0.15, -0.1) is 11.6 Å². The summed E-state index contributed by atoms with van der Waals surface area (Å²) in [5, 5.41) is 2.90. The fourth-order valence-electron chi connectivity index (χ4n) is 2.14. The Balaban J connectivity index is 3.25. The molecule has 1 aromatic carbocycles. The zero-order valence-corrected chi connectivity index (χ0v) is 12.3. The summed E-state index contributed by atoms with van der Waals surface area (Å²) in [6.45, 7) is 7.90. The Labute approximate surface area is 113 Å². The fraction of sp³-hybridized carbons (Fsp3) is 0.500. The van der Waals surface area contributed by atoms with Crippen LogP contribution in [0.4, 0.5) is 0 Å². The predicted octanol–water partition coefficient (Wildman–Crippen LogP) is 2.90. The molecule has 0 aliphatic carbocycles. The number of carbonyl (C=O) groups is 1. The first-order valence-electron chi connectivity index (χ1n) is 5.84. The van der Waals surface area contributed by atoms with Crippen LogP contribution < -0.4 is 10.1 Å². The summed E-state index contributed by atoms with van der Waals surface area (Å²) in [7, 11) is 1.64. The molecule has 0 radical (unpaired) electrons. The van der Waals surface area contributed by atoms with Crippen molar-refractivity contribution < 1.29 is 9.53 Å². The number of ether oxygens (including phenoxy) is 1. The lowest BCUT2D eigenvalue weighted by Crippen LogP contribution is -2.42. The molecule has 100 valence electrons. The average Bonchev–Trinajstić information content (AvgIpc) is 2.27. The molecule has 0 aromatic heterocycles. The second-order valence-corrected chi connectivity index (χ2v) is 5.24. The Morgan fingerprint density at radius 1 is 1.39 bits per heavy atom. The number of hydrogen-bond donors (Lipinski definition) is 1. The zero-order valence-electron chi connectivity index (χ0n) is 11.6. The van der Waals surface area contributed by atoms with Crippen LogP contribution in [0.15, 0.2) is 12.1 Å². The molecule has 0 bridgehead atoms. The number of methoxy groups -OCH3 is 1. The van der Waals surface area contributed by atoms with E-state index in [4.69, 9.17) is 16.3 Å². The SMILES string of the molecule is COc1c(C)cc(C)cc1C(C)(C)NC(=O)CCl. The van der Waals surface area contributed by atoms with E-state index in [1.54, 1.807) is 7.11 Å². The second-order valence-electron chi connectivity index (χ2n) is 4.97. The molecule has 0 spiro atoms. The van der Waals surface area contributed by atoms with E-state index in [1.165, 1.54) is 0 Å². The summed E-state index contributed by atoms with van der Waals surface area (Å²) < 4.78 is 5.45. The average molecular weight is 270 g/mol. The molecule has 3 nitrogen and oxygen atoms in total. The van der Waals surface area contributed by atoms with Gasteiger partial charge in [0.05, 0.1) is 12.6 Å². The molecule has 0 fully saturated rings. The first-order chi connectivity index (χ1) is 8.31. The van der Waals surface area contributed by atoms with Crippen LogP contribution in [0.1, 0.15) is 30.5 Å². The highest BCUT2D eigenvalue weighted by Crippen LogP contribution is 2.33. The van der Waals surface area contributed by atoms with Gasteiger partial charge in [-0.2, -0.15) is 0 Å². The quantitative estimate of drug-likeness (QED) is 0.854. The molecule has 4 heteroatoms. The highest BCUT2D eigenvalue weighted by atomic mass is 35.5. The van der Waals surface area contributed by atoms with Gasteiger partial charge in [0, 0.05) is 5.56 Å². The number of nitrogens with one attached hydrogen (secondary N) is 1. The molecular weight excluding hydrogens is 250 g/mol. The number of halogens is 1. The van der Waals surface area contributed by atoms with E-state index < -0.39 is 5.54 Å². The summed E-state index contributed by atoms with van der Waals surface area (Å²) in [5.41, 5.74) is 2.63. The molecule has 18 heavy (non-hydrogen) atoms. The third-order valence-electron chi connectivity index (χ3n) is 2.87. The van der Waals surface area contributed by atoms with Crippen molar-refractivity contribution in [3.05, 3.63) is 28.8 Å². The predicted molar refractivity (Wildman–Crippen MR) is 74.4 cm³/mol. The molecular formula is C14H20ClNO2. The molecule has 0 unspecified atom stereocenters. The van der Waals surface area contributed by atoms with Crippen LogP contribution in [-0.2, 0) is 10.3 Å². The van der Waals surface area contributed by atoms with E-state index in [0.29, 0.717) is 0 Å². The van der Waals surface area contributed by atoms with Gasteiger partial charge in [0.25, 0.3) is 0 Å². The van der Waals surface area contributed by atoms with Crippen LogP contribution >= 0.6 is 11.6 Å². The normalized spacial score (nSPS) is 11.2. The fourth-order valence-corrected chi connectivity index (χ4v) is 2.21. The van der Waals surface area contributed by atoms with Crippen LogP contribution in [-0.4, -0.2) is 18.9 Å². The number of benzene rings is 1. The third kappa shape index (κ3) is 3.16. The molecule has 1 N–H and O–H groups in total. The zero-order chi connectivity index (χ0) is 13.9. The second kappa shape index (κ2) is 5.61. The van der Waals surface area contributed by atoms with Gasteiger partial charge in [0.2, 0.25) is 5.91 Å². The minimum absolute atomic E-state index is 0.0451. The van der Waals surface area contributed by atoms with Crippen molar-refractivity contribution in [2.24, 2.45) is 0 Å². The topological polar surface area (TPSA) is 38.3 Å². The first kappa shape index (κ1) is 14.8. The summed E-state index contributed by atoms with van der Waals surface area (Å²) in [6, 6.07) is 4.09. The Morgan fingerprint density at radius 2 is 2.00 bits per heavy atom. The number of aryl methyl sites for hydroxylation is 2. The highest BCUT2D eigenvalue weighted by Gasteiger charge is 2.27. The third-order valence-corrected chi connectivity index (χ3v) is 3.11. The summed E-state index contributed by atoms with van der Waals surface area (Å²) in [5.74, 6) is 0.569. The van der Waals surface area contributed by atoms with E-state index in [1.807, 2.05) is 33.8 Å². The first-order valence-corrected chi connectivity index (χ1v) is 6.38. The smallest absolute Gasteiger partial charge is 0.235 e. The summed E-state index contributed by atoms with van der Waals surface area (Å²) >= 11 is 5.54. The van der Waals surface area contributed by atoms with Gasteiger partial charge in [-0.05, 0) is 33.3 Å². The van der Waals surface area contributed by atoms with Gasteiger partial charge in [0.1, 0.15) is 11.6 Å². The van der Waals surface area contributed by atoms with E-state index in [9.17, 15) is 4.79 Å². The van der Waals surface area contributed by atoms with Crippen LogP contribution in [0.25, 0.3) is 0 Å². The summed E-state index contributed by atoms with van der Waals surface area (Å²) in [4.78, 5) is 11.5. The van der Waals surface area contributed by atoms with Crippen LogP contribution in [0.5, 0.6) is 5.75 Å². The number of carbonyl (C=O) groups excluding carboxylic acids is 1. The molecule has 1 aromatic rings. The maximum absolute atomic E-state index is 11.5. The lowest BCUT2D eigenvalue weighted by molar-refractivity contribution is -0.120. The number of alkyl halides is 1. The highest BCUT2D eigenvalue weighted by molar-refractivity contribution is 6.27. The molecule has 1 amide bonds. The van der Waals surface area contributed by atoms with Crippen molar-refractivity contribution in [2.75, 3.05) is 13.0 Å². The molecule has 0 saturated heterocycles. The van der Waals surface area contributed by atoms with Crippen molar-refractivity contribution >= 4 is 17.5 Å². The Hall–Kier alpha value is -1.22. The maximum Gasteiger partial charge on any atom is 0.235 e. The van der Waals surface area contributed by atoms with Gasteiger partial charge in [-0.1, -0.05) is 17.7 Å². The van der Waals surface area contributed by atoms with Crippen LogP contribution in [0.2, 0.25) is 0 Å². The van der Waals surface area contributed by atoms with Crippen molar-refractivity contribution in [2.45, 2.75) is 33.2 Å². The minimum Gasteiger partial charge on any atom is -0.496 e. The van der Waals surface area contributed by atoms with Gasteiger partial charge >= 0.3 is 0 Å². The number of amides is 1. The largest absolute Gasteiger partial charge is 0.496 e. The number of rotatable bonds is 4. The lowest BCUT2D eigenvalue weighted by atomic mass is 9.90. The molecule has 0 aliphatic rings. The van der Waals surface area contributed by atoms with Crippen molar-refractivity contribution in [1.82, 2.24) is 5.32 Å². The van der Waals surface area contributed by atoms with E-state index in [-0.39, 0.29) is 11.8 Å². The molecule has 0 aliphatic heterocycles. The molecule has 0 saturated carbocycles. The van der Waals surface area contributed by atoms with Crippen LogP contribution in [0, 0.1) is 13.8 Å². The molecule has 0 heterocycles. The Kier molecular flexibility index (Phi) is 4.63. The van der Waals surface area contributed by atoms with Crippen molar-refractivity contribution in [3.8, 4) is 5.75 Å². The Bertz CT molecular complexity index is 455. The Morgan fingerprint density at radius 3 is 2.50 bits per heavy atom. The van der Waals surface area contributed by atoms with E-state index in [0.717, 1.165) is 22.4 Å². The van der Waals surface area contributed by atoms with Gasteiger partial charge in [0.15, 0.2) is 0 Å². The van der Waals surface area contributed by atoms with E-state index in [2.05, 4.69) is 11.4 Å². The van der Waals surface area contributed by atoms with Gasteiger partial charge in [-0.3, -0.25) is 4.79 Å². The van der Waals surface area contributed by atoms with Gasteiger partial charge in [-0.25, -0.2) is 0 Å². The number of hydrogen-bond acceptors (Lipinski definition) is 2. The summed E-state index contributed by atoms with van der Waals surface area (Å²) in [6.07, 6.45) is 0. The van der Waals surface area contributed by atoms with Crippen molar-refractivity contribution in [3.63, 3.8) is 0 Å². The van der Waals surface area contributed by atoms with E-state index >= 15 is 0 Å². The van der Waals surface area contributed by atoms with Crippen molar-refractivity contribution in [1.29, 1.82) is 0 Å². The maximum atomic E-state index is 11.5. The van der Waals surface area contributed by atoms with Crippen LogP contribution in [0.3, 0.4) is 0 Å². The lowest BCUT2D eigenvalue weighted by Gasteiger charge is -2.29. The monoisotopic (exact) mass is 269 g/mol. The minimum atomic E-state index is -0.520.